The Kier molecular flexibility index (Phi) is 9.78. The molecule has 16 heteroatoms. The summed E-state index contributed by atoms with van der Waals surface area (Å²) >= 11 is 6.53. The summed E-state index contributed by atoms with van der Waals surface area (Å²) < 4.78 is 43.7. The van der Waals surface area contributed by atoms with Crippen LogP contribution in [0.5, 0.6) is 11.5 Å². The molecule has 0 radical (unpaired) electrons. The summed E-state index contributed by atoms with van der Waals surface area (Å²) in [4.78, 5) is 57.1. The van der Waals surface area contributed by atoms with Crippen LogP contribution in [0, 0.1) is 11.6 Å². The molecule has 1 fully saturated rings. The van der Waals surface area contributed by atoms with Gasteiger partial charge in [0.05, 0.1) is 39.6 Å². The van der Waals surface area contributed by atoms with Crippen molar-refractivity contribution in [3.63, 3.8) is 0 Å². The number of fused-ring (bicyclic) bond motifs is 6. The molecular weight excluding hydrogens is 810 g/mol. The van der Waals surface area contributed by atoms with E-state index in [9.17, 15) is 29.0 Å². The van der Waals surface area contributed by atoms with Crippen LogP contribution in [-0.4, -0.2) is 78.8 Å². The molecule has 1 saturated heterocycles. The highest BCUT2D eigenvalue weighted by atomic mass is 35.5. The minimum atomic E-state index is -1.92. The lowest BCUT2D eigenvalue weighted by Gasteiger charge is -2.41. The molecule has 3 aliphatic heterocycles. The summed E-state index contributed by atoms with van der Waals surface area (Å²) in [6.45, 7) is 10.5. The van der Waals surface area contributed by atoms with E-state index in [1.54, 1.807) is 28.5 Å². The van der Waals surface area contributed by atoms with E-state index < -0.39 is 29.0 Å². The van der Waals surface area contributed by atoms with Crippen LogP contribution >= 0.6 is 11.6 Å². The second-order valence-corrected chi connectivity index (χ2v) is 15.9. The number of ether oxygens (including phenoxy) is 2. The molecule has 2 atom stereocenters. The number of aryl methyl sites for hydroxylation is 1. The van der Waals surface area contributed by atoms with Crippen molar-refractivity contribution in [1.29, 1.82) is 0 Å². The number of aliphatic hydroxyl groups is 1. The zero-order valence-electron chi connectivity index (χ0n) is 33.4. The third-order valence-corrected chi connectivity index (χ3v) is 12.4. The van der Waals surface area contributed by atoms with Gasteiger partial charge in [0.25, 0.3) is 11.5 Å². The Bertz CT molecular complexity index is 2940. The van der Waals surface area contributed by atoms with E-state index in [0.29, 0.717) is 59.9 Å². The Morgan fingerprint density at radius 3 is 2.61 bits per heavy atom. The molecule has 6 heterocycles. The third-order valence-electron chi connectivity index (χ3n) is 12.1. The first-order chi connectivity index (χ1) is 29.2. The number of hydrogen-bond acceptors (Lipinski definition) is 11. The molecular formula is C45H39ClF2N6O7. The molecule has 3 aliphatic rings. The normalized spacial score (nSPS) is 18.2. The van der Waals surface area contributed by atoms with Crippen molar-refractivity contribution in [3.8, 4) is 34.0 Å². The Labute approximate surface area is 352 Å². The maximum Gasteiger partial charge on any atom is 0.343 e. The Morgan fingerprint density at radius 1 is 1.07 bits per heavy atom. The van der Waals surface area contributed by atoms with Gasteiger partial charge in [-0.1, -0.05) is 38.1 Å². The van der Waals surface area contributed by atoms with Crippen molar-refractivity contribution in [2.75, 3.05) is 31.1 Å². The van der Waals surface area contributed by atoms with E-state index in [-0.39, 0.29) is 82.1 Å². The molecule has 312 valence electrons. The lowest BCUT2D eigenvalue weighted by molar-refractivity contribution is -0.172. The van der Waals surface area contributed by atoms with Crippen LogP contribution in [0.1, 0.15) is 49.4 Å². The van der Waals surface area contributed by atoms with Crippen LogP contribution in [0.2, 0.25) is 5.02 Å². The number of carbonyl (C=O) groups excluding carboxylic acids is 2. The number of halogens is 3. The van der Waals surface area contributed by atoms with Crippen molar-refractivity contribution in [2.24, 2.45) is 0 Å². The van der Waals surface area contributed by atoms with Gasteiger partial charge in [-0.25, -0.2) is 28.5 Å². The summed E-state index contributed by atoms with van der Waals surface area (Å²) in [5.74, 6) is -2.37. The number of anilines is 1. The minimum absolute atomic E-state index is 0.0497. The standard InChI is InChI=1S/C45H39ClF2N6O7/c1-5-25-26-14-24(10-11-33(26)51-39-28(25)18-54-34(39)16-30-29(43(54)57)20-61-44(58)45(30,59)6-2)60-19-22(3)42(56)52-12-13-53(23(4)17-52)41-27-15-31(46)36(38(48)40(27)49-21-50-41)37-32(47)8-7-9-35(37)55/h7-11,14-16,21,23,55,59H,3,5-6,12-13,17-20H2,1-2,4H3. The molecule has 61 heavy (non-hydrogen) atoms. The number of carbonyl (C=O) groups is 2. The first-order valence-electron chi connectivity index (χ1n) is 19.8. The maximum absolute atomic E-state index is 16.0. The fourth-order valence-electron chi connectivity index (χ4n) is 8.88. The van der Waals surface area contributed by atoms with Crippen molar-refractivity contribution < 1.29 is 38.1 Å². The van der Waals surface area contributed by atoms with Crippen molar-refractivity contribution >= 4 is 51.1 Å². The zero-order valence-corrected chi connectivity index (χ0v) is 34.1. The lowest BCUT2D eigenvalue weighted by atomic mass is 9.86. The van der Waals surface area contributed by atoms with Gasteiger partial charge in [0.15, 0.2) is 11.4 Å². The number of nitrogens with zero attached hydrogens (tertiary/aromatic N) is 6. The van der Waals surface area contributed by atoms with Crippen LogP contribution in [0.15, 0.2) is 71.8 Å². The van der Waals surface area contributed by atoms with Gasteiger partial charge >= 0.3 is 5.97 Å². The van der Waals surface area contributed by atoms with Crippen LogP contribution < -0.4 is 15.2 Å². The van der Waals surface area contributed by atoms with Crippen LogP contribution in [0.25, 0.3) is 44.3 Å². The predicted molar refractivity (Wildman–Crippen MR) is 223 cm³/mol. The number of rotatable bonds is 8. The highest BCUT2D eigenvalue weighted by Gasteiger charge is 2.45. The van der Waals surface area contributed by atoms with E-state index in [0.717, 1.165) is 22.6 Å². The molecule has 0 bridgehead atoms. The number of benzene rings is 3. The van der Waals surface area contributed by atoms with Crippen molar-refractivity contribution in [1.82, 2.24) is 24.4 Å². The van der Waals surface area contributed by atoms with E-state index in [4.69, 9.17) is 26.1 Å². The topological polar surface area (TPSA) is 160 Å². The summed E-state index contributed by atoms with van der Waals surface area (Å²) in [5, 5.41) is 22.6. The molecule has 9 rings (SSSR count). The molecule has 13 nitrogen and oxygen atoms in total. The Morgan fingerprint density at radius 2 is 1.87 bits per heavy atom. The van der Waals surface area contributed by atoms with E-state index >= 15 is 4.39 Å². The molecule has 0 saturated carbocycles. The van der Waals surface area contributed by atoms with E-state index in [2.05, 4.69) is 16.5 Å². The number of esters is 1. The smallest absolute Gasteiger partial charge is 0.343 e. The summed E-state index contributed by atoms with van der Waals surface area (Å²) in [5.41, 5.74) is 1.38. The second-order valence-electron chi connectivity index (χ2n) is 15.5. The first-order valence-corrected chi connectivity index (χ1v) is 20.2. The molecule has 2 N–H and O–H groups in total. The monoisotopic (exact) mass is 848 g/mol. The number of pyridine rings is 2. The average molecular weight is 849 g/mol. The third kappa shape index (κ3) is 6.28. The van der Waals surface area contributed by atoms with Gasteiger partial charge in [0.2, 0.25) is 0 Å². The second kappa shape index (κ2) is 14.9. The fourth-order valence-corrected chi connectivity index (χ4v) is 9.17. The summed E-state index contributed by atoms with van der Waals surface area (Å²) in [6.07, 6.45) is 1.88. The number of cyclic esters (lactones) is 1. The summed E-state index contributed by atoms with van der Waals surface area (Å²) in [7, 11) is 0. The van der Waals surface area contributed by atoms with E-state index in [1.165, 1.54) is 24.5 Å². The van der Waals surface area contributed by atoms with Gasteiger partial charge in [-0.3, -0.25) is 9.59 Å². The molecule has 1 amide bonds. The van der Waals surface area contributed by atoms with Crippen LogP contribution in [0.3, 0.4) is 0 Å². The molecule has 3 aromatic heterocycles. The first kappa shape index (κ1) is 40.0. The summed E-state index contributed by atoms with van der Waals surface area (Å²) in [6, 6.07) is 12.0. The molecule has 2 unspecified atom stereocenters. The highest BCUT2D eigenvalue weighted by molar-refractivity contribution is 6.34. The van der Waals surface area contributed by atoms with E-state index in [1.807, 2.05) is 30.9 Å². The molecule has 3 aromatic carbocycles. The minimum Gasteiger partial charge on any atom is -0.507 e. The number of phenols is 1. The Hall–Kier alpha value is -6.45. The zero-order chi connectivity index (χ0) is 43.1. The quantitative estimate of drug-likeness (QED) is 0.126. The van der Waals surface area contributed by atoms with Crippen molar-refractivity contribution in [3.05, 3.63) is 116 Å². The molecule has 6 aromatic rings. The number of hydrogen-bond donors (Lipinski definition) is 2. The number of aromatic hydroxyl groups is 1. The fraction of sp³-hybridized carbons (Fsp3) is 0.289. The van der Waals surface area contributed by atoms with Gasteiger partial charge in [-0.05, 0) is 67.8 Å². The SMILES string of the molecule is C=C(COc1ccc2nc3c(c(CC)c2c1)Cn1c-3cc2c(c1=O)COC(=O)C2(O)CC)C(=O)N1CCN(c2ncnc3c(F)c(-c4c(O)cccc4F)c(Cl)cc23)C(C)C1. The lowest BCUT2D eigenvalue weighted by Crippen LogP contribution is -2.54. The molecule has 0 spiro atoms. The average Bonchev–Trinajstić information content (AvgIpc) is 3.62. The number of amides is 1. The number of aromatic nitrogens is 4. The Balaban J connectivity index is 0.908. The van der Waals surface area contributed by atoms with Crippen LogP contribution in [-0.2, 0) is 39.5 Å². The van der Waals surface area contributed by atoms with Crippen LogP contribution in [0.4, 0.5) is 14.6 Å². The van der Waals surface area contributed by atoms with Crippen molar-refractivity contribution in [2.45, 2.75) is 58.4 Å². The van der Waals surface area contributed by atoms with Gasteiger partial charge in [-0.2, -0.15) is 0 Å². The van der Waals surface area contributed by atoms with Gasteiger partial charge < -0.3 is 34.1 Å². The van der Waals surface area contributed by atoms with Gasteiger partial charge in [0.1, 0.15) is 48.2 Å². The van der Waals surface area contributed by atoms with Gasteiger partial charge in [-0.15, -0.1) is 0 Å². The largest absolute Gasteiger partial charge is 0.507 e. The maximum atomic E-state index is 16.0. The number of piperazine rings is 1. The predicted octanol–water partition coefficient (Wildman–Crippen LogP) is 6.56. The van der Waals surface area contributed by atoms with Gasteiger partial charge in [0, 0.05) is 58.7 Å². The molecule has 0 aliphatic carbocycles. The highest BCUT2D eigenvalue weighted by Crippen LogP contribution is 2.43. The number of phenolic OH excluding ortho intramolecular Hbond substituents is 1.